The van der Waals surface area contributed by atoms with Gasteiger partial charge in [0, 0.05) is 18.7 Å². The highest BCUT2D eigenvalue weighted by molar-refractivity contribution is 7.58. The molecule has 0 bridgehead atoms. The van der Waals surface area contributed by atoms with Crippen LogP contribution >= 0.6 is 7.37 Å². The van der Waals surface area contributed by atoms with Crippen LogP contribution in [0.3, 0.4) is 0 Å². The van der Waals surface area contributed by atoms with Crippen LogP contribution in [0, 0.1) is 5.92 Å². The summed E-state index contributed by atoms with van der Waals surface area (Å²) in [6, 6.07) is 7.24. The molecule has 7 heteroatoms. The van der Waals surface area contributed by atoms with E-state index in [1.807, 2.05) is 19.1 Å². The third-order valence-electron chi connectivity index (χ3n) is 5.26. The van der Waals surface area contributed by atoms with E-state index < -0.39 is 19.4 Å². The molecular weight excluding hydrogens is 365 g/mol. The van der Waals surface area contributed by atoms with E-state index >= 15 is 0 Å². The van der Waals surface area contributed by atoms with Crippen LogP contribution in [0.25, 0.3) is 0 Å². The number of hydrogen-bond donors (Lipinski definition) is 4. The van der Waals surface area contributed by atoms with E-state index in [1.165, 1.54) is 6.42 Å². The zero-order chi connectivity index (χ0) is 19.9. The predicted octanol–water partition coefficient (Wildman–Crippen LogP) is 3.18. The smallest absolute Gasteiger partial charge is 0.307 e. The lowest BCUT2D eigenvalue weighted by molar-refractivity contribution is -0.136. The highest BCUT2D eigenvalue weighted by Crippen LogP contribution is 2.45. The molecule has 1 saturated carbocycles. The molecule has 1 aromatic carbocycles. The standard InChI is InChI=1S/C20H32NO5P/c1-15(18-9-7-16(8-10-18)11-20(23)24)21-12-19(22)14-27(25,26)13-17-5-3-2-4-6-17/h7-10,15,17,19,21-22H,2-6,11-14H2,1H3,(H,23,24)(H,25,26)/t15?,19-/m0/s1. The fourth-order valence-corrected chi connectivity index (χ4v) is 5.88. The van der Waals surface area contributed by atoms with Crippen molar-refractivity contribution in [2.75, 3.05) is 18.9 Å². The van der Waals surface area contributed by atoms with Crippen molar-refractivity contribution in [3.8, 4) is 0 Å². The van der Waals surface area contributed by atoms with Crippen LogP contribution in [0.2, 0.25) is 0 Å². The number of hydrogen-bond acceptors (Lipinski definition) is 4. The average molecular weight is 397 g/mol. The van der Waals surface area contributed by atoms with Gasteiger partial charge in [-0.3, -0.25) is 9.36 Å². The molecule has 0 heterocycles. The Labute approximate surface area is 161 Å². The minimum Gasteiger partial charge on any atom is -0.481 e. The van der Waals surface area contributed by atoms with Gasteiger partial charge in [-0.2, -0.15) is 0 Å². The van der Waals surface area contributed by atoms with Gasteiger partial charge in [0.2, 0.25) is 7.37 Å². The second-order valence-electron chi connectivity index (χ2n) is 7.81. The van der Waals surface area contributed by atoms with E-state index in [0.29, 0.717) is 12.1 Å². The van der Waals surface area contributed by atoms with Gasteiger partial charge in [0.15, 0.2) is 0 Å². The van der Waals surface area contributed by atoms with Crippen molar-refractivity contribution in [1.29, 1.82) is 0 Å². The number of aliphatic hydroxyl groups is 1. The van der Waals surface area contributed by atoms with Crippen molar-refractivity contribution in [2.45, 2.75) is 57.6 Å². The Kier molecular flexibility index (Phi) is 8.49. The van der Waals surface area contributed by atoms with Crippen molar-refractivity contribution >= 4 is 13.3 Å². The van der Waals surface area contributed by atoms with Gasteiger partial charge in [0.05, 0.1) is 18.7 Å². The Morgan fingerprint density at radius 3 is 2.44 bits per heavy atom. The van der Waals surface area contributed by atoms with Gasteiger partial charge < -0.3 is 20.4 Å². The topological polar surface area (TPSA) is 107 Å². The molecule has 1 aliphatic rings. The van der Waals surface area contributed by atoms with Crippen LogP contribution in [0.5, 0.6) is 0 Å². The number of carbonyl (C=O) groups is 1. The largest absolute Gasteiger partial charge is 0.481 e. The monoisotopic (exact) mass is 397 g/mol. The van der Waals surface area contributed by atoms with Crippen molar-refractivity contribution in [3.63, 3.8) is 0 Å². The Balaban J connectivity index is 1.77. The molecule has 4 N–H and O–H groups in total. The molecule has 3 atom stereocenters. The van der Waals surface area contributed by atoms with Gasteiger partial charge in [-0.05, 0) is 36.8 Å². The maximum Gasteiger partial charge on any atom is 0.307 e. The summed E-state index contributed by atoms with van der Waals surface area (Å²) in [5, 5.41) is 22.2. The Morgan fingerprint density at radius 1 is 1.22 bits per heavy atom. The van der Waals surface area contributed by atoms with Crippen LogP contribution in [0.1, 0.15) is 56.2 Å². The second kappa shape index (κ2) is 10.4. The zero-order valence-electron chi connectivity index (χ0n) is 16.0. The molecule has 2 rings (SSSR count). The fraction of sp³-hybridized carbons (Fsp3) is 0.650. The SMILES string of the molecule is CC(NC[C@H](O)CP(=O)(O)CC1CCCCC1)c1ccc(CC(=O)O)cc1. The lowest BCUT2D eigenvalue weighted by Crippen LogP contribution is -2.32. The van der Waals surface area contributed by atoms with E-state index in [9.17, 15) is 19.4 Å². The first kappa shape index (κ1) is 22.1. The second-order valence-corrected chi connectivity index (χ2v) is 10.2. The van der Waals surface area contributed by atoms with Crippen molar-refractivity contribution in [3.05, 3.63) is 35.4 Å². The number of carboxylic acids is 1. The van der Waals surface area contributed by atoms with E-state index in [4.69, 9.17) is 5.11 Å². The Bertz CT molecular complexity index is 642. The molecule has 27 heavy (non-hydrogen) atoms. The lowest BCUT2D eigenvalue weighted by Gasteiger charge is -2.25. The third kappa shape index (κ3) is 8.14. The number of benzene rings is 1. The number of aliphatic hydroxyl groups excluding tert-OH is 1. The summed E-state index contributed by atoms with van der Waals surface area (Å²) in [7, 11) is -3.31. The predicted molar refractivity (Wildman–Crippen MR) is 106 cm³/mol. The maximum absolute atomic E-state index is 12.5. The molecule has 0 amide bonds. The fourth-order valence-electron chi connectivity index (χ4n) is 3.77. The minimum absolute atomic E-state index is 0.00637. The molecule has 0 saturated heterocycles. The number of rotatable bonds is 10. The van der Waals surface area contributed by atoms with Gasteiger partial charge in [0.1, 0.15) is 0 Å². The summed E-state index contributed by atoms with van der Waals surface area (Å²) < 4.78 is 12.5. The molecule has 1 aromatic rings. The zero-order valence-corrected chi connectivity index (χ0v) is 16.9. The first-order chi connectivity index (χ1) is 12.7. The Hall–Kier alpha value is -1.20. The van der Waals surface area contributed by atoms with Crippen molar-refractivity contribution in [1.82, 2.24) is 5.32 Å². The lowest BCUT2D eigenvalue weighted by atomic mass is 9.91. The minimum atomic E-state index is -3.31. The molecule has 152 valence electrons. The van der Waals surface area contributed by atoms with E-state index in [1.54, 1.807) is 12.1 Å². The average Bonchev–Trinajstić information content (AvgIpc) is 2.60. The molecule has 1 fully saturated rings. The quantitative estimate of drug-likeness (QED) is 0.452. The highest BCUT2D eigenvalue weighted by atomic mass is 31.2. The van der Waals surface area contributed by atoms with Gasteiger partial charge in [-0.15, -0.1) is 0 Å². The summed E-state index contributed by atoms with van der Waals surface area (Å²) in [4.78, 5) is 21.0. The summed E-state index contributed by atoms with van der Waals surface area (Å²) in [6.07, 6.45) is 4.92. The molecular formula is C20H32NO5P. The van der Waals surface area contributed by atoms with Crippen molar-refractivity contribution in [2.24, 2.45) is 5.92 Å². The van der Waals surface area contributed by atoms with Crippen LogP contribution in [-0.4, -0.2) is 46.0 Å². The van der Waals surface area contributed by atoms with Gasteiger partial charge in [0.25, 0.3) is 0 Å². The molecule has 0 aliphatic heterocycles. The van der Waals surface area contributed by atoms with Gasteiger partial charge in [-0.25, -0.2) is 0 Å². The Morgan fingerprint density at radius 2 is 1.85 bits per heavy atom. The van der Waals surface area contributed by atoms with Crippen molar-refractivity contribution < 1.29 is 24.5 Å². The van der Waals surface area contributed by atoms with E-state index in [-0.39, 0.29) is 25.2 Å². The van der Waals surface area contributed by atoms with E-state index in [2.05, 4.69) is 5.32 Å². The normalized spacial score (nSPS) is 20.0. The first-order valence-electron chi connectivity index (χ1n) is 9.78. The molecule has 0 spiro atoms. The van der Waals surface area contributed by atoms with Crippen LogP contribution < -0.4 is 5.32 Å². The maximum atomic E-state index is 12.5. The van der Waals surface area contributed by atoms with Gasteiger partial charge >= 0.3 is 5.97 Å². The summed E-state index contributed by atoms with van der Waals surface area (Å²) in [5.74, 6) is -0.545. The first-order valence-corrected chi connectivity index (χ1v) is 11.8. The molecule has 0 radical (unpaired) electrons. The number of aliphatic carboxylic acids is 1. The van der Waals surface area contributed by atoms with Crippen LogP contribution in [0.15, 0.2) is 24.3 Å². The van der Waals surface area contributed by atoms with E-state index in [0.717, 1.165) is 36.8 Å². The number of nitrogens with one attached hydrogen (secondary N) is 1. The third-order valence-corrected chi connectivity index (χ3v) is 7.34. The highest BCUT2D eigenvalue weighted by Gasteiger charge is 2.28. The van der Waals surface area contributed by atoms with Crippen LogP contribution in [0.4, 0.5) is 0 Å². The summed E-state index contributed by atoms with van der Waals surface area (Å²) in [6.45, 7) is 2.19. The van der Waals surface area contributed by atoms with Gasteiger partial charge in [-0.1, -0.05) is 43.5 Å². The number of carboxylic acid groups (broad SMARTS) is 1. The summed E-state index contributed by atoms with van der Waals surface area (Å²) >= 11 is 0. The molecule has 0 aromatic heterocycles. The molecule has 6 nitrogen and oxygen atoms in total. The molecule has 2 unspecified atom stereocenters. The van der Waals surface area contributed by atoms with Crippen LogP contribution in [-0.2, 0) is 15.8 Å². The molecule has 1 aliphatic carbocycles. The summed E-state index contributed by atoms with van der Waals surface area (Å²) in [5.41, 5.74) is 1.72.